The number of amides is 2. The molecule has 7 nitrogen and oxygen atoms in total. The first-order valence-electron chi connectivity index (χ1n) is 8.58. The highest BCUT2D eigenvalue weighted by Crippen LogP contribution is 2.37. The number of benzene rings is 1. The zero-order chi connectivity index (χ0) is 18.5. The van der Waals surface area contributed by atoms with Gasteiger partial charge in [0.15, 0.2) is 0 Å². The molecule has 0 aromatic heterocycles. The summed E-state index contributed by atoms with van der Waals surface area (Å²) in [5.41, 5.74) is 7.89. The first-order valence-corrected chi connectivity index (χ1v) is 9.40. The third kappa shape index (κ3) is 5.38. The number of anilines is 1. The summed E-state index contributed by atoms with van der Waals surface area (Å²) in [6.07, 6.45) is 3.73. The first kappa shape index (κ1) is 21.6. The lowest BCUT2D eigenvalue weighted by molar-refractivity contribution is -0.115. The van der Waals surface area contributed by atoms with Crippen LogP contribution in [0.5, 0.6) is 5.75 Å². The average molecular weight is 414 g/mol. The van der Waals surface area contributed by atoms with Crippen LogP contribution in [-0.4, -0.2) is 50.6 Å². The van der Waals surface area contributed by atoms with Crippen LogP contribution < -0.4 is 20.7 Å². The highest BCUT2D eigenvalue weighted by molar-refractivity contribution is 8.18. The Balaban J connectivity index is 0.00000261. The number of thioether (sulfide) groups is 1. The summed E-state index contributed by atoms with van der Waals surface area (Å²) in [7, 11) is 1.63. The maximum atomic E-state index is 11.9. The molecule has 0 aliphatic carbocycles. The van der Waals surface area contributed by atoms with Crippen molar-refractivity contribution in [2.75, 3.05) is 38.3 Å². The van der Waals surface area contributed by atoms with Crippen molar-refractivity contribution >= 4 is 47.1 Å². The van der Waals surface area contributed by atoms with Gasteiger partial charge in [0.25, 0.3) is 11.1 Å². The molecule has 9 heteroatoms. The molecule has 1 unspecified atom stereocenters. The monoisotopic (exact) mass is 413 g/mol. The maximum absolute atomic E-state index is 11.9. The van der Waals surface area contributed by atoms with Crippen molar-refractivity contribution in [2.45, 2.75) is 18.9 Å². The number of nitrogens with one attached hydrogen (secondary N) is 1. The van der Waals surface area contributed by atoms with Crippen LogP contribution in [0.4, 0.5) is 10.5 Å². The van der Waals surface area contributed by atoms with E-state index in [1.165, 1.54) is 0 Å². The highest BCUT2D eigenvalue weighted by atomic mass is 35.5. The van der Waals surface area contributed by atoms with Gasteiger partial charge >= 0.3 is 0 Å². The number of hydrogen-bond donors (Lipinski definition) is 2. The molecule has 0 saturated carbocycles. The summed E-state index contributed by atoms with van der Waals surface area (Å²) in [6, 6.07) is 5.80. The van der Waals surface area contributed by atoms with Gasteiger partial charge in [-0.25, -0.2) is 0 Å². The molecule has 3 N–H and O–H groups in total. The number of piperidine rings is 1. The SMILES string of the molecule is COCCOc1cccc(C=C2SC(=O)NC2=O)c1N1CCCC(N)C1.Cl. The third-order valence-electron chi connectivity index (χ3n) is 4.28. The van der Waals surface area contributed by atoms with Gasteiger partial charge in [-0.15, -0.1) is 12.4 Å². The van der Waals surface area contributed by atoms with E-state index in [1.54, 1.807) is 13.2 Å². The molecule has 148 valence electrons. The molecule has 2 fully saturated rings. The minimum atomic E-state index is -0.369. The lowest BCUT2D eigenvalue weighted by Crippen LogP contribution is -2.43. The van der Waals surface area contributed by atoms with Gasteiger partial charge < -0.3 is 20.1 Å². The molecule has 27 heavy (non-hydrogen) atoms. The van der Waals surface area contributed by atoms with Crippen LogP contribution in [0.1, 0.15) is 18.4 Å². The lowest BCUT2D eigenvalue weighted by Gasteiger charge is -2.34. The number of imide groups is 1. The number of ether oxygens (including phenoxy) is 2. The number of para-hydroxylation sites is 1. The molecule has 2 amide bonds. The molecule has 0 radical (unpaired) electrons. The van der Waals surface area contributed by atoms with Gasteiger partial charge in [0, 0.05) is 31.8 Å². The van der Waals surface area contributed by atoms with Gasteiger partial charge in [-0.1, -0.05) is 12.1 Å². The van der Waals surface area contributed by atoms with Crippen molar-refractivity contribution in [3.63, 3.8) is 0 Å². The molecule has 2 saturated heterocycles. The van der Waals surface area contributed by atoms with Crippen molar-refractivity contribution in [3.8, 4) is 5.75 Å². The van der Waals surface area contributed by atoms with Crippen LogP contribution in [0.15, 0.2) is 23.1 Å². The van der Waals surface area contributed by atoms with E-state index in [2.05, 4.69) is 10.2 Å². The van der Waals surface area contributed by atoms with E-state index in [0.29, 0.717) is 18.1 Å². The first-order chi connectivity index (χ1) is 12.6. The van der Waals surface area contributed by atoms with E-state index in [4.69, 9.17) is 15.2 Å². The average Bonchev–Trinajstić information content (AvgIpc) is 2.92. The van der Waals surface area contributed by atoms with Crippen LogP contribution >= 0.6 is 24.2 Å². The van der Waals surface area contributed by atoms with Crippen molar-refractivity contribution < 1.29 is 19.1 Å². The van der Waals surface area contributed by atoms with Crippen LogP contribution in [0.2, 0.25) is 0 Å². The van der Waals surface area contributed by atoms with Crippen LogP contribution in [0, 0.1) is 0 Å². The topological polar surface area (TPSA) is 93.9 Å². The molecular formula is C18H24ClN3O4S. The predicted octanol–water partition coefficient (Wildman–Crippen LogP) is 2.39. The molecular weight excluding hydrogens is 390 g/mol. The Bertz CT molecular complexity index is 729. The van der Waals surface area contributed by atoms with Crippen LogP contribution in [-0.2, 0) is 9.53 Å². The number of carbonyl (C=O) groups is 2. The van der Waals surface area contributed by atoms with Gasteiger partial charge in [0.1, 0.15) is 12.4 Å². The fourth-order valence-electron chi connectivity index (χ4n) is 3.12. The van der Waals surface area contributed by atoms with Gasteiger partial charge in [-0.2, -0.15) is 0 Å². The molecule has 0 bridgehead atoms. The Morgan fingerprint density at radius 1 is 1.37 bits per heavy atom. The standard InChI is InChI=1S/C18H23N3O4S.ClH/c1-24-8-9-25-14-6-2-4-12(10-15-17(22)20-18(23)26-15)16(14)21-7-3-5-13(19)11-21;/h2,4,6,10,13H,3,5,7-9,11,19H2,1H3,(H,20,22,23);1H. The van der Waals surface area contributed by atoms with E-state index in [1.807, 2.05) is 18.2 Å². The molecule has 1 aromatic carbocycles. The quantitative estimate of drug-likeness (QED) is 0.546. The van der Waals surface area contributed by atoms with Crippen molar-refractivity contribution in [1.82, 2.24) is 5.32 Å². The summed E-state index contributed by atoms with van der Waals surface area (Å²) in [4.78, 5) is 25.9. The number of nitrogens with zero attached hydrogens (tertiary/aromatic N) is 1. The van der Waals surface area contributed by atoms with Gasteiger partial charge in [0.2, 0.25) is 0 Å². The minimum Gasteiger partial charge on any atom is -0.489 e. The second-order valence-electron chi connectivity index (χ2n) is 6.24. The zero-order valence-corrected chi connectivity index (χ0v) is 16.7. The van der Waals surface area contributed by atoms with E-state index < -0.39 is 0 Å². The Morgan fingerprint density at radius 3 is 2.85 bits per heavy atom. The van der Waals surface area contributed by atoms with E-state index >= 15 is 0 Å². The van der Waals surface area contributed by atoms with E-state index in [-0.39, 0.29) is 29.6 Å². The van der Waals surface area contributed by atoms with Crippen molar-refractivity contribution in [2.24, 2.45) is 5.73 Å². The van der Waals surface area contributed by atoms with Gasteiger partial charge in [0.05, 0.1) is 17.2 Å². The molecule has 3 rings (SSSR count). The fraction of sp³-hybridized carbons (Fsp3) is 0.444. The number of rotatable bonds is 6. The van der Waals surface area contributed by atoms with Crippen LogP contribution in [0.3, 0.4) is 0 Å². The van der Waals surface area contributed by atoms with Crippen molar-refractivity contribution in [1.29, 1.82) is 0 Å². The van der Waals surface area contributed by atoms with Gasteiger partial charge in [-0.05, 0) is 36.7 Å². The Kier molecular flexibility index (Phi) is 7.97. The minimum absolute atomic E-state index is 0. The second-order valence-corrected chi connectivity index (χ2v) is 7.25. The number of nitrogens with two attached hydrogens (primary N) is 1. The summed E-state index contributed by atoms with van der Waals surface area (Å²) < 4.78 is 11.0. The molecule has 1 atom stereocenters. The summed E-state index contributed by atoms with van der Waals surface area (Å²) >= 11 is 0.909. The number of carbonyl (C=O) groups excluding carboxylic acids is 2. The molecule has 2 aliphatic heterocycles. The third-order valence-corrected chi connectivity index (χ3v) is 5.09. The number of halogens is 1. The second kappa shape index (κ2) is 9.98. The van der Waals surface area contributed by atoms with Gasteiger partial charge in [-0.3, -0.25) is 14.9 Å². The van der Waals surface area contributed by atoms with Crippen LogP contribution in [0.25, 0.3) is 6.08 Å². The molecule has 1 aromatic rings. The summed E-state index contributed by atoms with van der Waals surface area (Å²) in [6.45, 7) is 2.50. The normalized spacial score (nSPS) is 21.2. The smallest absolute Gasteiger partial charge is 0.290 e. The largest absolute Gasteiger partial charge is 0.489 e. The molecule has 0 spiro atoms. The Hall–Kier alpha value is -1.74. The van der Waals surface area contributed by atoms with E-state index in [0.717, 1.165) is 54.7 Å². The molecule has 2 aliphatic rings. The Labute approximate surface area is 169 Å². The summed E-state index contributed by atoms with van der Waals surface area (Å²) in [5, 5.41) is 1.93. The predicted molar refractivity (Wildman–Crippen MR) is 110 cm³/mol. The fourth-order valence-corrected chi connectivity index (χ4v) is 3.79. The maximum Gasteiger partial charge on any atom is 0.290 e. The number of hydrogen-bond acceptors (Lipinski definition) is 7. The number of methoxy groups -OCH3 is 1. The molecule has 2 heterocycles. The van der Waals surface area contributed by atoms with E-state index in [9.17, 15) is 9.59 Å². The summed E-state index contributed by atoms with van der Waals surface area (Å²) in [5.74, 6) is 0.354. The van der Waals surface area contributed by atoms with Crippen molar-refractivity contribution in [3.05, 3.63) is 28.7 Å². The zero-order valence-electron chi connectivity index (χ0n) is 15.1. The Morgan fingerprint density at radius 2 is 2.19 bits per heavy atom. The highest BCUT2D eigenvalue weighted by Gasteiger charge is 2.27. The lowest BCUT2D eigenvalue weighted by atomic mass is 10.0.